The molecule has 4 saturated carbocycles. The molecular weight excluding hydrogens is 341 g/mol. The van der Waals surface area contributed by atoms with Crippen LogP contribution >= 0.6 is 0 Å². The number of aliphatic hydroxyl groups excluding tert-OH is 1. The Morgan fingerprint density at radius 1 is 1.04 bits per heavy atom. The van der Waals surface area contributed by atoms with Crippen LogP contribution in [0.15, 0.2) is 24.3 Å². The maximum Gasteiger partial charge on any atom is 0.223 e. The minimum atomic E-state index is -0.366. The van der Waals surface area contributed by atoms with Crippen molar-refractivity contribution in [3.63, 3.8) is 0 Å². The second kappa shape index (κ2) is 5.79. The molecule has 0 spiro atoms. The molecule has 1 saturated heterocycles. The largest absolute Gasteiger partial charge is 0.389 e. The van der Waals surface area contributed by atoms with Gasteiger partial charge in [-0.1, -0.05) is 26.0 Å². The van der Waals surface area contributed by atoms with Crippen molar-refractivity contribution in [3.8, 4) is 0 Å². The van der Waals surface area contributed by atoms with E-state index >= 15 is 0 Å². The molecule has 1 aliphatic heterocycles. The Labute approximate surface area is 160 Å². The van der Waals surface area contributed by atoms with Crippen LogP contribution in [0.1, 0.15) is 51.5 Å². The van der Waals surface area contributed by atoms with Gasteiger partial charge in [0.1, 0.15) is 5.82 Å². The minimum Gasteiger partial charge on any atom is -0.389 e. The molecule has 4 bridgehead atoms. The van der Waals surface area contributed by atoms with Crippen LogP contribution in [-0.4, -0.2) is 35.1 Å². The monoisotopic (exact) mass is 371 g/mol. The zero-order valence-electron chi connectivity index (χ0n) is 16.3. The summed E-state index contributed by atoms with van der Waals surface area (Å²) < 4.78 is 13.6. The summed E-state index contributed by atoms with van der Waals surface area (Å²) in [4.78, 5) is 14.9. The van der Waals surface area contributed by atoms with Crippen LogP contribution in [0.5, 0.6) is 0 Å². The number of aliphatic hydroxyl groups is 1. The van der Waals surface area contributed by atoms with Gasteiger partial charge in [-0.25, -0.2) is 4.39 Å². The third-order valence-electron chi connectivity index (χ3n) is 8.88. The molecule has 0 atom stereocenters. The highest BCUT2D eigenvalue weighted by Crippen LogP contribution is 2.69. The molecule has 27 heavy (non-hydrogen) atoms. The first kappa shape index (κ1) is 17.7. The van der Waals surface area contributed by atoms with E-state index in [-0.39, 0.29) is 23.2 Å². The fraction of sp³-hybridized carbons (Fsp3) is 0.696. The van der Waals surface area contributed by atoms with Crippen LogP contribution in [0.2, 0.25) is 0 Å². The number of likely N-dealkylation sites (tertiary alicyclic amines) is 1. The van der Waals surface area contributed by atoms with E-state index in [1.54, 1.807) is 17.0 Å². The molecule has 1 aromatic rings. The van der Waals surface area contributed by atoms with Crippen LogP contribution in [0, 0.1) is 34.9 Å². The number of rotatable bonds is 3. The van der Waals surface area contributed by atoms with Crippen LogP contribution in [-0.2, 0) is 10.2 Å². The van der Waals surface area contributed by atoms with Crippen molar-refractivity contribution in [2.24, 2.45) is 29.1 Å². The van der Waals surface area contributed by atoms with E-state index in [9.17, 15) is 14.3 Å². The van der Waals surface area contributed by atoms with Crippen molar-refractivity contribution in [1.82, 2.24) is 4.90 Å². The lowest BCUT2D eigenvalue weighted by molar-refractivity contribution is -0.160. The Kier molecular flexibility index (Phi) is 3.79. The van der Waals surface area contributed by atoms with Gasteiger partial charge < -0.3 is 10.0 Å². The summed E-state index contributed by atoms with van der Waals surface area (Å²) in [6.07, 6.45) is 4.90. The van der Waals surface area contributed by atoms with Gasteiger partial charge in [0.2, 0.25) is 5.91 Å². The number of carbonyl (C=O) groups is 1. The second-order valence-corrected chi connectivity index (χ2v) is 10.2. The highest BCUT2D eigenvalue weighted by Gasteiger charge is 2.63. The minimum absolute atomic E-state index is 0.158. The van der Waals surface area contributed by atoms with Gasteiger partial charge in [-0.3, -0.25) is 4.79 Å². The van der Waals surface area contributed by atoms with Gasteiger partial charge in [-0.05, 0) is 72.5 Å². The molecule has 0 radical (unpaired) electrons. The normalized spacial score (nSPS) is 39.5. The highest BCUT2D eigenvalue weighted by molar-refractivity contribution is 5.79. The van der Waals surface area contributed by atoms with E-state index in [2.05, 4.69) is 13.8 Å². The third-order valence-corrected chi connectivity index (χ3v) is 8.88. The molecule has 1 N–H and O–H groups in total. The fourth-order valence-corrected chi connectivity index (χ4v) is 7.12. The summed E-state index contributed by atoms with van der Waals surface area (Å²) in [6, 6.07) is 6.98. The number of hydrogen-bond donors (Lipinski definition) is 1. The second-order valence-electron chi connectivity index (χ2n) is 10.2. The van der Waals surface area contributed by atoms with E-state index in [0.29, 0.717) is 36.8 Å². The molecule has 146 valence electrons. The van der Waals surface area contributed by atoms with Crippen LogP contribution in [0.3, 0.4) is 0 Å². The van der Waals surface area contributed by atoms with Gasteiger partial charge in [0, 0.05) is 24.9 Å². The Morgan fingerprint density at radius 3 is 2.04 bits per heavy atom. The number of carbonyl (C=O) groups excluding carboxylic acids is 1. The van der Waals surface area contributed by atoms with Crippen molar-refractivity contribution >= 4 is 5.91 Å². The van der Waals surface area contributed by atoms with Gasteiger partial charge in [-0.15, -0.1) is 0 Å². The maximum absolute atomic E-state index is 13.6. The third kappa shape index (κ3) is 2.45. The Bertz CT molecular complexity index is 718. The lowest BCUT2D eigenvalue weighted by atomic mass is 9.37. The lowest BCUT2D eigenvalue weighted by Crippen LogP contribution is -2.63. The summed E-state index contributed by atoms with van der Waals surface area (Å²) >= 11 is 0. The van der Waals surface area contributed by atoms with Crippen LogP contribution in [0.4, 0.5) is 4.39 Å². The highest BCUT2D eigenvalue weighted by atomic mass is 19.1. The first-order valence-electron chi connectivity index (χ1n) is 10.5. The first-order chi connectivity index (χ1) is 12.8. The van der Waals surface area contributed by atoms with Crippen molar-refractivity contribution in [3.05, 3.63) is 35.6 Å². The van der Waals surface area contributed by atoms with Gasteiger partial charge in [-0.2, -0.15) is 0 Å². The summed E-state index contributed by atoms with van der Waals surface area (Å²) in [7, 11) is 0. The summed E-state index contributed by atoms with van der Waals surface area (Å²) in [5.74, 6) is 2.46. The summed E-state index contributed by atoms with van der Waals surface area (Å²) in [6.45, 7) is 5.80. The molecular formula is C23H30FNO2. The molecule has 1 aromatic carbocycles. The standard InChI is InChI=1S/C23H30FNO2/c1-22(2)15-7-17-9-16(22)10-18(8-15)23(17,14-3-5-19(24)6-4-14)11-21(27)25-12-20(26)13-25/h3-6,15-18,20,26H,7-13H2,1-2H3. The number of hydrogen-bond acceptors (Lipinski definition) is 2. The zero-order valence-corrected chi connectivity index (χ0v) is 16.3. The molecule has 1 heterocycles. The van der Waals surface area contributed by atoms with E-state index in [1.807, 2.05) is 12.1 Å². The van der Waals surface area contributed by atoms with Crippen molar-refractivity contribution in [2.75, 3.05) is 13.1 Å². The number of halogens is 1. The number of benzene rings is 1. The molecule has 4 heteroatoms. The van der Waals surface area contributed by atoms with Gasteiger partial charge in [0.05, 0.1) is 6.10 Å². The number of amides is 1. The number of β-amino-alcohol motifs (C(OH)–C–C–N with tert-alkyl or cyclic N) is 1. The van der Waals surface area contributed by atoms with Gasteiger partial charge in [0.15, 0.2) is 0 Å². The van der Waals surface area contributed by atoms with E-state index in [1.165, 1.54) is 25.7 Å². The molecule has 5 aliphatic rings. The van der Waals surface area contributed by atoms with Crippen molar-refractivity contribution in [2.45, 2.75) is 57.5 Å². The average molecular weight is 371 g/mol. The molecule has 0 unspecified atom stereocenters. The average Bonchev–Trinajstić information content (AvgIpc) is 2.57. The van der Waals surface area contributed by atoms with E-state index < -0.39 is 0 Å². The van der Waals surface area contributed by atoms with Crippen LogP contribution < -0.4 is 0 Å². The predicted octanol–water partition coefficient (Wildman–Crippen LogP) is 3.75. The van der Waals surface area contributed by atoms with Crippen molar-refractivity contribution < 1.29 is 14.3 Å². The Hall–Kier alpha value is -1.42. The van der Waals surface area contributed by atoms with E-state index in [4.69, 9.17) is 0 Å². The Balaban J connectivity index is 1.52. The molecule has 5 fully saturated rings. The Morgan fingerprint density at radius 2 is 1.56 bits per heavy atom. The lowest BCUT2D eigenvalue weighted by Gasteiger charge is -2.67. The first-order valence-corrected chi connectivity index (χ1v) is 10.5. The molecule has 6 rings (SSSR count). The zero-order chi connectivity index (χ0) is 19.0. The summed E-state index contributed by atoms with van der Waals surface area (Å²) in [5.41, 5.74) is 1.41. The predicted molar refractivity (Wildman–Crippen MR) is 101 cm³/mol. The van der Waals surface area contributed by atoms with Crippen molar-refractivity contribution in [1.29, 1.82) is 0 Å². The SMILES string of the molecule is CC1(C)C2CC3CC1CC(C2)C3(CC(=O)N1CC(O)C1)c1ccc(F)cc1. The van der Waals surface area contributed by atoms with E-state index in [0.717, 1.165) is 17.4 Å². The topological polar surface area (TPSA) is 40.5 Å². The molecule has 0 aromatic heterocycles. The van der Waals surface area contributed by atoms with Gasteiger partial charge in [0.25, 0.3) is 0 Å². The number of nitrogens with zero attached hydrogens (tertiary/aromatic N) is 1. The molecule has 1 amide bonds. The summed E-state index contributed by atoms with van der Waals surface area (Å²) in [5, 5.41) is 9.61. The van der Waals surface area contributed by atoms with Gasteiger partial charge >= 0.3 is 0 Å². The molecule has 4 aliphatic carbocycles. The maximum atomic E-state index is 13.6. The quantitative estimate of drug-likeness (QED) is 0.879. The van der Waals surface area contributed by atoms with Crippen LogP contribution in [0.25, 0.3) is 0 Å². The molecule has 3 nitrogen and oxygen atoms in total. The smallest absolute Gasteiger partial charge is 0.223 e. The fourth-order valence-electron chi connectivity index (χ4n) is 7.12.